The number of alkyl halides is 3. The number of nitrogens with one attached hydrogen (secondary N) is 1. The first-order valence-corrected chi connectivity index (χ1v) is 7.91. The third kappa shape index (κ3) is 7.16. The van der Waals surface area contributed by atoms with Crippen LogP contribution in [-0.4, -0.2) is 29.3 Å². The summed E-state index contributed by atoms with van der Waals surface area (Å²) in [4.78, 5) is 11.6. The molecule has 0 heterocycles. The van der Waals surface area contributed by atoms with Crippen LogP contribution in [0.3, 0.4) is 0 Å². The van der Waals surface area contributed by atoms with Crippen LogP contribution >= 0.6 is 0 Å². The van der Waals surface area contributed by atoms with Gasteiger partial charge in [0, 0.05) is 0 Å². The molecular weight excluding hydrogens is 283 g/mol. The zero-order chi connectivity index (χ0) is 15.8. The van der Waals surface area contributed by atoms with Crippen molar-refractivity contribution in [1.29, 1.82) is 0 Å². The fourth-order valence-electron chi connectivity index (χ4n) is 2.95. The molecule has 0 aromatic rings. The predicted molar refractivity (Wildman–Crippen MR) is 75.2 cm³/mol. The van der Waals surface area contributed by atoms with Crippen molar-refractivity contribution in [3.05, 3.63) is 0 Å². The first kappa shape index (κ1) is 18.3. The van der Waals surface area contributed by atoms with Crippen LogP contribution in [0.5, 0.6) is 0 Å². The van der Waals surface area contributed by atoms with Gasteiger partial charge in [0.15, 0.2) is 0 Å². The van der Waals surface area contributed by atoms with Gasteiger partial charge in [0.1, 0.15) is 5.54 Å². The molecule has 1 aliphatic carbocycles. The summed E-state index contributed by atoms with van der Waals surface area (Å²) in [6.45, 7) is -1.24. The van der Waals surface area contributed by atoms with Crippen molar-refractivity contribution in [2.24, 2.45) is 0 Å². The summed E-state index contributed by atoms with van der Waals surface area (Å²) in [7, 11) is 0. The Hall–Kier alpha value is -0.780. The molecule has 21 heavy (non-hydrogen) atoms. The minimum absolute atomic E-state index is 0.276. The zero-order valence-electron chi connectivity index (χ0n) is 12.5. The molecule has 0 bridgehead atoms. The second kappa shape index (κ2) is 8.61. The van der Waals surface area contributed by atoms with E-state index >= 15 is 0 Å². The number of rotatable bonds is 3. The summed E-state index contributed by atoms with van der Waals surface area (Å²) < 4.78 is 37.3. The summed E-state index contributed by atoms with van der Waals surface area (Å²) in [6.07, 6.45) is 4.83. The Morgan fingerprint density at radius 3 is 1.62 bits per heavy atom. The SMILES string of the molecule is O=C(O)C1(NCC(F)(F)F)CCCCCCCCCCC1. The van der Waals surface area contributed by atoms with Crippen LogP contribution in [0.25, 0.3) is 0 Å². The molecule has 1 rings (SSSR count). The molecule has 0 aromatic carbocycles. The molecule has 3 nitrogen and oxygen atoms in total. The quantitative estimate of drug-likeness (QED) is 0.818. The van der Waals surface area contributed by atoms with E-state index in [-0.39, 0.29) is 12.8 Å². The number of carboxylic acid groups (broad SMARTS) is 1. The molecule has 0 aromatic heterocycles. The second-order valence-electron chi connectivity index (χ2n) is 6.04. The molecule has 2 N–H and O–H groups in total. The fourth-order valence-corrected chi connectivity index (χ4v) is 2.95. The summed E-state index contributed by atoms with van der Waals surface area (Å²) >= 11 is 0. The smallest absolute Gasteiger partial charge is 0.401 e. The lowest BCUT2D eigenvalue weighted by molar-refractivity contribution is -0.151. The first-order valence-electron chi connectivity index (χ1n) is 7.91. The Morgan fingerprint density at radius 1 is 0.905 bits per heavy atom. The molecule has 1 saturated carbocycles. The molecular formula is C15H26F3NO2. The molecule has 0 saturated heterocycles. The van der Waals surface area contributed by atoms with E-state index in [0.717, 1.165) is 38.5 Å². The molecule has 0 spiro atoms. The molecule has 124 valence electrons. The van der Waals surface area contributed by atoms with Crippen LogP contribution in [0.2, 0.25) is 0 Å². The van der Waals surface area contributed by atoms with E-state index in [2.05, 4.69) is 5.32 Å². The highest BCUT2D eigenvalue weighted by Gasteiger charge is 2.40. The van der Waals surface area contributed by atoms with Crippen LogP contribution < -0.4 is 5.32 Å². The van der Waals surface area contributed by atoms with Crippen molar-refractivity contribution >= 4 is 5.97 Å². The number of carbonyl (C=O) groups is 1. The van der Waals surface area contributed by atoms with Gasteiger partial charge in [-0.1, -0.05) is 57.8 Å². The van der Waals surface area contributed by atoms with E-state index in [9.17, 15) is 23.1 Å². The van der Waals surface area contributed by atoms with Crippen LogP contribution in [0, 0.1) is 0 Å². The van der Waals surface area contributed by atoms with E-state index in [1.165, 1.54) is 6.42 Å². The Bertz CT molecular complexity index is 307. The zero-order valence-corrected chi connectivity index (χ0v) is 12.5. The van der Waals surface area contributed by atoms with Gasteiger partial charge in [-0.25, -0.2) is 0 Å². The number of halogens is 3. The summed E-state index contributed by atoms with van der Waals surface area (Å²) in [6, 6.07) is 0. The van der Waals surface area contributed by atoms with Gasteiger partial charge >= 0.3 is 12.1 Å². The van der Waals surface area contributed by atoms with Gasteiger partial charge in [-0.15, -0.1) is 0 Å². The molecule has 0 aliphatic heterocycles. The third-order valence-electron chi connectivity index (χ3n) is 4.24. The van der Waals surface area contributed by atoms with Gasteiger partial charge in [0.2, 0.25) is 0 Å². The lowest BCUT2D eigenvalue weighted by Crippen LogP contribution is -2.54. The van der Waals surface area contributed by atoms with Crippen molar-refractivity contribution in [1.82, 2.24) is 5.32 Å². The van der Waals surface area contributed by atoms with E-state index in [1.54, 1.807) is 0 Å². The predicted octanol–water partition coefficient (Wildman–Crippen LogP) is 4.27. The van der Waals surface area contributed by atoms with Gasteiger partial charge in [0.05, 0.1) is 6.54 Å². The summed E-state index contributed by atoms with van der Waals surface area (Å²) in [5.41, 5.74) is -1.42. The van der Waals surface area contributed by atoms with Gasteiger partial charge in [-0.05, 0) is 12.8 Å². The van der Waals surface area contributed by atoms with Crippen LogP contribution in [0.1, 0.15) is 70.6 Å². The van der Waals surface area contributed by atoms with E-state index in [1.807, 2.05) is 0 Å². The summed E-state index contributed by atoms with van der Waals surface area (Å²) in [5, 5.41) is 11.8. The van der Waals surface area contributed by atoms with Crippen molar-refractivity contribution in [2.75, 3.05) is 6.54 Å². The van der Waals surface area contributed by atoms with Crippen LogP contribution in [-0.2, 0) is 4.79 Å². The van der Waals surface area contributed by atoms with Crippen molar-refractivity contribution in [3.63, 3.8) is 0 Å². The normalized spacial score (nSPS) is 22.0. The number of hydrogen-bond donors (Lipinski definition) is 2. The minimum atomic E-state index is -4.38. The molecule has 1 fully saturated rings. The Morgan fingerprint density at radius 2 is 1.29 bits per heavy atom. The topological polar surface area (TPSA) is 49.3 Å². The number of hydrogen-bond acceptors (Lipinski definition) is 2. The molecule has 0 atom stereocenters. The maximum absolute atomic E-state index is 12.4. The van der Waals surface area contributed by atoms with Gasteiger partial charge < -0.3 is 5.11 Å². The Labute approximate surface area is 124 Å². The lowest BCUT2D eigenvalue weighted by atomic mass is 9.85. The largest absolute Gasteiger partial charge is 0.480 e. The number of aliphatic carboxylic acids is 1. The Balaban J connectivity index is 2.70. The first-order chi connectivity index (χ1) is 9.86. The standard InChI is InChI=1S/C15H26F3NO2/c16-15(17,18)12-19-14(13(20)21)10-8-6-4-2-1-3-5-7-9-11-14/h19H,1-12H2,(H,20,21). The third-order valence-corrected chi connectivity index (χ3v) is 4.24. The minimum Gasteiger partial charge on any atom is -0.480 e. The maximum Gasteiger partial charge on any atom is 0.401 e. The van der Waals surface area contributed by atoms with Crippen molar-refractivity contribution in [2.45, 2.75) is 82.3 Å². The highest BCUT2D eigenvalue weighted by Crippen LogP contribution is 2.26. The Kier molecular flexibility index (Phi) is 7.49. The fraction of sp³-hybridized carbons (Fsp3) is 0.933. The molecule has 6 heteroatoms. The van der Waals surface area contributed by atoms with E-state index in [0.29, 0.717) is 12.8 Å². The maximum atomic E-state index is 12.4. The molecule has 1 aliphatic rings. The summed E-state index contributed by atoms with van der Waals surface area (Å²) in [5.74, 6) is -1.15. The van der Waals surface area contributed by atoms with E-state index < -0.39 is 24.2 Å². The van der Waals surface area contributed by atoms with E-state index in [4.69, 9.17) is 0 Å². The number of carboxylic acids is 1. The highest BCUT2D eigenvalue weighted by atomic mass is 19.4. The lowest BCUT2D eigenvalue weighted by Gasteiger charge is -2.31. The monoisotopic (exact) mass is 309 g/mol. The van der Waals surface area contributed by atoms with Crippen molar-refractivity contribution < 1.29 is 23.1 Å². The average Bonchev–Trinajstić information content (AvgIpc) is 2.37. The molecule has 0 unspecified atom stereocenters. The van der Waals surface area contributed by atoms with Gasteiger partial charge in [-0.3, -0.25) is 10.1 Å². The van der Waals surface area contributed by atoms with Crippen LogP contribution in [0.4, 0.5) is 13.2 Å². The average molecular weight is 309 g/mol. The van der Waals surface area contributed by atoms with Gasteiger partial charge in [-0.2, -0.15) is 13.2 Å². The van der Waals surface area contributed by atoms with Crippen LogP contribution in [0.15, 0.2) is 0 Å². The molecule has 0 radical (unpaired) electrons. The van der Waals surface area contributed by atoms with Gasteiger partial charge in [0.25, 0.3) is 0 Å². The second-order valence-corrected chi connectivity index (χ2v) is 6.04. The highest BCUT2D eigenvalue weighted by molar-refractivity contribution is 5.78. The van der Waals surface area contributed by atoms with Crippen molar-refractivity contribution in [3.8, 4) is 0 Å². The molecule has 0 amide bonds.